The number of hydrogen-bond donors (Lipinski definition) is 3. The quantitative estimate of drug-likeness (QED) is 0.312. The van der Waals surface area contributed by atoms with Crippen LogP contribution in [0, 0.1) is 11.6 Å². The molecule has 10 heteroatoms. The molecule has 3 N–H and O–H groups in total. The molecule has 0 aliphatic carbocycles. The first-order chi connectivity index (χ1) is 17.3. The average Bonchev–Trinajstić information content (AvgIpc) is 3.52. The Morgan fingerprint density at radius 3 is 2.67 bits per heavy atom. The Morgan fingerprint density at radius 2 is 1.94 bits per heavy atom. The number of hydrazine groups is 1. The van der Waals surface area contributed by atoms with E-state index in [1.165, 1.54) is 23.4 Å². The minimum Gasteiger partial charge on any atom is -0.381 e. The molecule has 1 aliphatic rings. The topological polar surface area (TPSA) is 78.2 Å². The normalized spacial score (nSPS) is 15.7. The van der Waals surface area contributed by atoms with Gasteiger partial charge in [-0.2, -0.15) is 5.10 Å². The van der Waals surface area contributed by atoms with E-state index < -0.39 is 23.3 Å². The maximum absolute atomic E-state index is 14.9. The van der Waals surface area contributed by atoms with Crippen molar-refractivity contribution in [2.24, 2.45) is 0 Å². The summed E-state index contributed by atoms with van der Waals surface area (Å²) in [6.07, 6.45) is 2.79. The Bertz CT molecular complexity index is 1350. The molecule has 0 bridgehead atoms. The Labute approximate surface area is 212 Å². The molecule has 4 aromatic rings. The van der Waals surface area contributed by atoms with Crippen LogP contribution in [-0.2, 0) is 25.2 Å². The summed E-state index contributed by atoms with van der Waals surface area (Å²) >= 11 is 5.96. The van der Waals surface area contributed by atoms with E-state index in [0.717, 1.165) is 34.6 Å². The lowest BCUT2D eigenvalue weighted by Gasteiger charge is -2.39. The number of nitrogens with zero attached hydrogens (tertiary/aromatic N) is 4. The summed E-state index contributed by atoms with van der Waals surface area (Å²) in [5.74, 6) is -1.53. The fourth-order valence-corrected chi connectivity index (χ4v) is 4.59. The summed E-state index contributed by atoms with van der Waals surface area (Å²) in [6, 6.07) is 16.2. The summed E-state index contributed by atoms with van der Waals surface area (Å²) < 4.78 is 30.0. The van der Waals surface area contributed by atoms with E-state index >= 15 is 0 Å². The van der Waals surface area contributed by atoms with Gasteiger partial charge in [0.2, 0.25) is 0 Å². The first kappa shape index (κ1) is 24.2. The van der Waals surface area contributed by atoms with Crippen LogP contribution in [0.2, 0.25) is 5.02 Å². The maximum atomic E-state index is 14.9. The molecular formula is C26H25ClF2N6O. The van der Waals surface area contributed by atoms with Crippen LogP contribution in [0.25, 0.3) is 0 Å². The first-order valence-electron chi connectivity index (χ1n) is 11.5. The number of aromatic nitrogens is 3. The van der Waals surface area contributed by atoms with Gasteiger partial charge in [0.25, 0.3) is 0 Å². The Balaban J connectivity index is 1.36. The molecule has 7 nitrogen and oxygen atoms in total. The Kier molecular flexibility index (Phi) is 6.61. The van der Waals surface area contributed by atoms with Crippen molar-refractivity contribution in [1.82, 2.24) is 19.8 Å². The van der Waals surface area contributed by atoms with Crippen molar-refractivity contribution in [2.75, 3.05) is 10.7 Å². The molecule has 1 aliphatic heterocycles. The zero-order valence-corrected chi connectivity index (χ0v) is 20.3. The molecule has 0 saturated carbocycles. The first-order valence-corrected chi connectivity index (χ1v) is 11.8. The summed E-state index contributed by atoms with van der Waals surface area (Å²) in [5, 5.41) is 21.9. The highest BCUT2D eigenvalue weighted by Crippen LogP contribution is 2.37. The van der Waals surface area contributed by atoms with Gasteiger partial charge in [-0.3, -0.25) is 0 Å². The van der Waals surface area contributed by atoms with Crippen molar-refractivity contribution in [2.45, 2.75) is 38.2 Å². The molecule has 3 aromatic carbocycles. The van der Waals surface area contributed by atoms with Crippen molar-refractivity contribution in [3.63, 3.8) is 0 Å². The van der Waals surface area contributed by atoms with Crippen LogP contribution >= 0.6 is 11.6 Å². The lowest BCUT2D eigenvalue weighted by Crippen LogP contribution is -2.52. The number of benzene rings is 3. The number of rotatable bonds is 8. The predicted octanol–water partition coefficient (Wildman–Crippen LogP) is 4.94. The number of fused-ring (bicyclic) bond motifs is 1. The molecule has 0 spiro atoms. The van der Waals surface area contributed by atoms with E-state index in [1.807, 2.05) is 47.5 Å². The van der Waals surface area contributed by atoms with Crippen molar-refractivity contribution in [3.8, 4) is 0 Å². The van der Waals surface area contributed by atoms with E-state index in [-0.39, 0.29) is 12.1 Å². The highest BCUT2D eigenvalue weighted by molar-refractivity contribution is 6.30. The van der Waals surface area contributed by atoms with Crippen molar-refractivity contribution in [1.29, 1.82) is 0 Å². The summed E-state index contributed by atoms with van der Waals surface area (Å²) in [5.41, 5.74) is 5.52. The second-order valence-corrected chi connectivity index (χ2v) is 9.35. The molecule has 1 aromatic heterocycles. The molecule has 0 saturated heterocycles. The van der Waals surface area contributed by atoms with Gasteiger partial charge in [-0.15, -0.1) is 0 Å². The van der Waals surface area contributed by atoms with E-state index in [1.54, 1.807) is 6.92 Å². The Hall–Kier alpha value is -3.53. The lowest BCUT2D eigenvalue weighted by atomic mass is 9.86. The largest absolute Gasteiger partial charge is 0.381 e. The molecule has 0 amide bonds. The standard InChI is InChI=1S/C26H25ClF2N6O/c1-17(26(36,14-34-16-30-15-32-34)23-8-6-21(28)11-24(23)29)35-13-19-10-22(7-9-25(19)33-35)31-12-18-2-4-20(27)5-3-18/h2-11,15-17,31,33,36H,12-14H2,1H3/t17-,26-/m1/s1. The van der Waals surface area contributed by atoms with Crippen LogP contribution in [0.15, 0.2) is 73.3 Å². The molecule has 2 atom stereocenters. The molecular weight excluding hydrogens is 486 g/mol. The zero-order chi connectivity index (χ0) is 25.3. The van der Waals surface area contributed by atoms with E-state index in [9.17, 15) is 13.9 Å². The second-order valence-electron chi connectivity index (χ2n) is 8.91. The SMILES string of the molecule is C[C@@H](N1Cc2cc(NCc3ccc(Cl)cc3)ccc2N1)[C@](O)(Cn1cncn1)c1ccc(F)cc1F. The number of nitrogens with one attached hydrogen (secondary N) is 2. The van der Waals surface area contributed by atoms with Gasteiger partial charge in [0, 0.05) is 35.4 Å². The molecule has 5 rings (SSSR count). The van der Waals surface area contributed by atoms with E-state index in [2.05, 4.69) is 20.8 Å². The summed E-state index contributed by atoms with van der Waals surface area (Å²) in [4.78, 5) is 3.92. The predicted molar refractivity (Wildman–Crippen MR) is 134 cm³/mol. The number of anilines is 2. The average molecular weight is 511 g/mol. The summed E-state index contributed by atoms with van der Waals surface area (Å²) in [7, 11) is 0. The smallest absolute Gasteiger partial charge is 0.137 e. The minimum absolute atomic E-state index is 0.0185. The van der Waals surface area contributed by atoms with Gasteiger partial charge in [-0.1, -0.05) is 29.8 Å². The number of aliphatic hydroxyl groups is 1. The van der Waals surface area contributed by atoms with Gasteiger partial charge in [-0.25, -0.2) is 23.5 Å². The fourth-order valence-electron chi connectivity index (χ4n) is 4.46. The van der Waals surface area contributed by atoms with Gasteiger partial charge < -0.3 is 15.8 Å². The van der Waals surface area contributed by atoms with E-state index in [4.69, 9.17) is 11.6 Å². The van der Waals surface area contributed by atoms with Gasteiger partial charge >= 0.3 is 0 Å². The molecule has 0 unspecified atom stereocenters. The van der Waals surface area contributed by atoms with E-state index in [0.29, 0.717) is 18.1 Å². The third kappa shape index (κ3) is 4.90. The minimum atomic E-state index is -1.74. The van der Waals surface area contributed by atoms with Gasteiger partial charge in [0.05, 0.1) is 18.3 Å². The molecule has 186 valence electrons. The molecule has 0 radical (unpaired) electrons. The van der Waals surface area contributed by atoms with Crippen molar-refractivity contribution in [3.05, 3.63) is 107 Å². The second kappa shape index (κ2) is 9.85. The van der Waals surface area contributed by atoms with Gasteiger partial charge in [0.1, 0.15) is 29.9 Å². The summed E-state index contributed by atoms with van der Waals surface area (Å²) in [6.45, 7) is 2.83. The lowest BCUT2D eigenvalue weighted by molar-refractivity contribution is -0.0573. The Morgan fingerprint density at radius 1 is 1.14 bits per heavy atom. The van der Waals surface area contributed by atoms with Crippen LogP contribution in [0.3, 0.4) is 0 Å². The monoisotopic (exact) mass is 510 g/mol. The highest BCUT2D eigenvalue weighted by Gasteiger charge is 2.43. The molecule has 2 heterocycles. The third-order valence-corrected chi connectivity index (χ3v) is 6.80. The third-order valence-electron chi connectivity index (χ3n) is 6.55. The van der Waals surface area contributed by atoms with Crippen LogP contribution < -0.4 is 10.7 Å². The maximum Gasteiger partial charge on any atom is 0.137 e. The van der Waals surface area contributed by atoms with Crippen LogP contribution in [-0.4, -0.2) is 30.9 Å². The number of halogens is 3. The zero-order valence-electron chi connectivity index (χ0n) is 19.5. The van der Waals surface area contributed by atoms with Crippen molar-refractivity contribution >= 4 is 23.0 Å². The molecule has 0 fully saturated rings. The highest BCUT2D eigenvalue weighted by atomic mass is 35.5. The van der Waals surface area contributed by atoms with Gasteiger partial charge in [-0.05, 0) is 54.4 Å². The van der Waals surface area contributed by atoms with Gasteiger partial charge in [0.15, 0.2) is 0 Å². The van der Waals surface area contributed by atoms with Crippen molar-refractivity contribution < 1.29 is 13.9 Å². The van der Waals surface area contributed by atoms with Crippen LogP contribution in [0.1, 0.15) is 23.6 Å². The van der Waals surface area contributed by atoms with Crippen LogP contribution in [0.4, 0.5) is 20.2 Å². The molecule has 36 heavy (non-hydrogen) atoms. The number of hydrogen-bond acceptors (Lipinski definition) is 6. The van der Waals surface area contributed by atoms with Crippen LogP contribution in [0.5, 0.6) is 0 Å². The fraction of sp³-hybridized carbons (Fsp3) is 0.231.